The van der Waals surface area contributed by atoms with E-state index in [0.29, 0.717) is 38.5 Å². The molecule has 0 aliphatic carbocycles. The van der Waals surface area contributed by atoms with Gasteiger partial charge in [0.1, 0.15) is 12.2 Å². The summed E-state index contributed by atoms with van der Waals surface area (Å²) < 4.78 is 13.7. The van der Waals surface area contributed by atoms with Crippen LogP contribution in [-0.4, -0.2) is 45.9 Å². The van der Waals surface area contributed by atoms with Crippen molar-refractivity contribution in [2.75, 3.05) is 13.7 Å². The Morgan fingerprint density at radius 2 is 1.97 bits per heavy atom. The van der Waals surface area contributed by atoms with E-state index < -0.39 is 17.8 Å². The molecule has 1 aromatic carbocycles. The number of nitrogens with zero attached hydrogens (tertiary/aromatic N) is 4. The van der Waals surface area contributed by atoms with Crippen molar-refractivity contribution in [2.45, 2.75) is 33.9 Å². The van der Waals surface area contributed by atoms with Gasteiger partial charge in [-0.1, -0.05) is 11.3 Å². The molecule has 3 rings (SSSR count). The number of rotatable bonds is 6. The molecule has 3 aromatic rings. The average Bonchev–Trinajstić information content (AvgIpc) is 3.27. The molecule has 0 fully saturated rings. The SMILES string of the molecule is CCOC(=O)Cn1c(=NC(=O)c2cc(C)nn2CC)sc2cc(C(=O)OC)ccc21. The minimum atomic E-state index is -0.473. The van der Waals surface area contributed by atoms with E-state index in [0.717, 1.165) is 0 Å². The first kappa shape index (κ1) is 21.4. The summed E-state index contributed by atoms with van der Waals surface area (Å²) in [6.45, 7) is 6.08. The second-order valence-corrected chi connectivity index (χ2v) is 7.36. The van der Waals surface area contributed by atoms with Gasteiger partial charge in [-0.25, -0.2) is 4.79 Å². The fourth-order valence-electron chi connectivity index (χ4n) is 2.99. The zero-order chi connectivity index (χ0) is 21.8. The average molecular weight is 430 g/mol. The van der Waals surface area contributed by atoms with Gasteiger partial charge in [0.05, 0.1) is 35.2 Å². The van der Waals surface area contributed by atoms with Crippen LogP contribution in [0.4, 0.5) is 0 Å². The second kappa shape index (κ2) is 9.04. The lowest BCUT2D eigenvalue weighted by Gasteiger charge is -2.06. The van der Waals surface area contributed by atoms with Crippen LogP contribution < -0.4 is 4.80 Å². The van der Waals surface area contributed by atoms with E-state index >= 15 is 0 Å². The molecular weight excluding hydrogens is 408 g/mol. The molecule has 0 radical (unpaired) electrons. The van der Waals surface area contributed by atoms with Crippen molar-refractivity contribution < 1.29 is 23.9 Å². The molecule has 1 amide bonds. The maximum atomic E-state index is 12.8. The predicted molar refractivity (Wildman–Crippen MR) is 110 cm³/mol. The Balaban J connectivity index is 2.15. The Morgan fingerprint density at radius 3 is 2.63 bits per heavy atom. The van der Waals surface area contributed by atoms with Crippen molar-refractivity contribution in [3.8, 4) is 0 Å². The van der Waals surface area contributed by atoms with Crippen molar-refractivity contribution in [2.24, 2.45) is 4.99 Å². The molecule has 30 heavy (non-hydrogen) atoms. The molecule has 2 heterocycles. The Hall–Kier alpha value is -3.27. The third-order valence-corrected chi connectivity index (χ3v) is 5.36. The summed E-state index contributed by atoms with van der Waals surface area (Å²) in [6, 6.07) is 6.62. The van der Waals surface area contributed by atoms with Gasteiger partial charge in [-0.05, 0) is 45.0 Å². The lowest BCUT2D eigenvalue weighted by Crippen LogP contribution is -2.23. The molecule has 0 unspecified atom stereocenters. The molecule has 0 saturated heterocycles. The van der Waals surface area contributed by atoms with Crippen LogP contribution in [0.3, 0.4) is 0 Å². The zero-order valence-corrected chi connectivity index (χ0v) is 18.0. The van der Waals surface area contributed by atoms with Crippen LogP contribution in [-0.2, 0) is 27.4 Å². The van der Waals surface area contributed by atoms with E-state index in [1.165, 1.54) is 18.4 Å². The summed E-state index contributed by atoms with van der Waals surface area (Å²) in [4.78, 5) is 41.4. The van der Waals surface area contributed by atoms with Crippen molar-refractivity contribution in [1.82, 2.24) is 14.3 Å². The first-order valence-electron chi connectivity index (χ1n) is 9.38. The molecule has 0 atom stereocenters. The summed E-state index contributed by atoms with van der Waals surface area (Å²) in [5.41, 5.74) is 2.11. The molecular formula is C20H22N4O5S. The second-order valence-electron chi connectivity index (χ2n) is 6.35. The first-order valence-corrected chi connectivity index (χ1v) is 10.2. The number of thiazole rings is 1. The van der Waals surface area contributed by atoms with Crippen LogP contribution >= 0.6 is 11.3 Å². The van der Waals surface area contributed by atoms with E-state index in [1.807, 2.05) is 6.92 Å². The van der Waals surface area contributed by atoms with Gasteiger partial charge in [0, 0.05) is 6.54 Å². The van der Waals surface area contributed by atoms with Gasteiger partial charge < -0.3 is 14.0 Å². The zero-order valence-electron chi connectivity index (χ0n) is 17.2. The number of aromatic nitrogens is 3. The van der Waals surface area contributed by atoms with Gasteiger partial charge >= 0.3 is 11.9 Å². The van der Waals surface area contributed by atoms with E-state index in [-0.39, 0.29) is 13.2 Å². The number of hydrogen-bond donors (Lipinski definition) is 0. The monoisotopic (exact) mass is 430 g/mol. The maximum Gasteiger partial charge on any atom is 0.337 e. The third-order valence-electron chi connectivity index (χ3n) is 4.31. The molecule has 0 aliphatic rings. The van der Waals surface area contributed by atoms with Crippen LogP contribution in [0.1, 0.15) is 40.4 Å². The highest BCUT2D eigenvalue weighted by molar-refractivity contribution is 7.16. The van der Waals surface area contributed by atoms with Gasteiger partial charge in [-0.3, -0.25) is 14.3 Å². The van der Waals surface area contributed by atoms with E-state index in [4.69, 9.17) is 9.47 Å². The molecule has 9 nitrogen and oxygen atoms in total. The van der Waals surface area contributed by atoms with Gasteiger partial charge in [0.15, 0.2) is 4.80 Å². The molecule has 2 aromatic heterocycles. The minimum absolute atomic E-state index is 0.108. The third kappa shape index (κ3) is 4.33. The van der Waals surface area contributed by atoms with Gasteiger partial charge in [0.25, 0.3) is 5.91 Å². The smallest absolute Gasteiger partial charge is 0.337 e. The number of aryl methyl sites for hydroxylation is 2. The summed E-state index contributed by atoms with van der Waals surface area (Å²) in [6.07, 6.45) is 0. The fourth-order valence-corrected chi connectivity index (χ4v) is 4.06. The standard InChI is InChI=1S/C20H22N4O5S/c1-5-24-15(9-12(3)22-24)18(26)21-20-23(11-17(25)29-6-2)14-8-7-13(19(27)28-4)10-16(14)30-20/h7-10H,5-6,11H2,1-4H3. The van der Waals surface area contributed by atoms with Crippen molar-refractivity contribution in [3.05, 3.63) is 46.0 Å². The van der Waals surface area contributed by atoms with E-state index in [9.17, 15) is 14.4 Å². The number of hydrogen-bond acceptors (Lipinski definition) is 7. The van der Waals surface area contributed by atoms with Crippen LogP contribution in [0.2, 0.25) is 0 Å². The number of carbonyl (C=O) groups is 3. The Morgan fingerprint density at radius 1 is 1.20 bits per heavy atom. The first-order chi connectivity index (χ1) is 14.4. The lowest BCUT2D eigenvalue weighted by atomic mass is 10.2. The molecule has 0 aliphatic heterocycles. The normalized spacial score (nSPS) is 11.7. The van der Waals surface area contributed by atoms with Gasteiger partial charge in [-0.2, -0.15) is 10.1 Å². The van der Waals surface area contributed by atoms with Crippen LogP contribution in [0.5, 0.6) is 0 Å². The topological polar surface area (TPSA) is 105 Å². The number of esters is 2. The van der Waals surface area contributed by atoms with Crippen LogP contribution in [0.25, 0.3) is 10.2 Å². The highest BCUT2D eigenvalue weighted by Crippen LogP contribution is 2.20. The molecule has 0 N–H and O–H groups in total. The lowest BCUT2D eigenvalue weighted by molar-refractivity contribution is -0.143. The maximum absolute atomic E-state index is 12.8. The molecule has 158 valence electrons. The van der Waals surface area contributed by atoms with Crippen LogP contribution in [0, 0.1) is 6.92 Å². The molecule has 0 bridgehead atoms. The summed E-state index contributed by atoms with van der Waals surface area (Å²) >= 11 is 1.20. The van der Waals surface area contributed by atoms with Crippen LogP contribution in [0.15, 0.2) is 29.3 Å². The summed E-state index contributed by atoms with van der Waals surface area (Å²) in [7, 11) is 1.31. The minimum Gasteiger partial charge on any atom is -0.465 e. The van der Waals surface area contributed by atoms with Crippen molar-refractivity contribution >= 4 is 39.4 Å². The summed E-state index contributed by atoms with van der Waals surface area (Å²) in [5, 5.41) is 4.28. The Labute approximate surface area is 176 Å². The largest absolute Gasteiger partial charge is 0.465 e. The quantitative estimate of drug-likeness (QED) is 0.556. The van der Waals surface area contributed by atoms with Gasteiger partial charge in [-0.15, -0.1) is 0 Å². The fraction of sp³-hybridized carbons (Fsp3) is 0.350. The molecule has 10 heteroatoms. The highest BCUT2D eigenvalue weighted by atomic mass is 32.1. The number of fused-ring (bicyclic) bond motifs is 1. The van der Waals surface area contributed by atoms with E-state index in [2.05, 4.69) is 10.1 Å². The number of ether oxygens (including phenoxy) is 2. The summed E-state index contributed by atoms with van der Waals surface area (Å²) in [5.74, 6) is -1.38. The predicted octanol–water partition coefficient (Wildman–Crippen LogP) is 2.32. The Bertz CT molecular complexity index is 1190. The Kier molecular flexibility index (Phi) is 6.46. The van der Waals surface area contributed by atoms with Crippen molar-refractivity contribution in [1.29, 1.82) is 0 Å². The molecule has 0 saturated carbocycles. The van der Waals surface area contributed by atoms with Crippen molar-refractivity contribution in [3.63, 3.8) is 0 Å². The molecule has 0 spiro atoms. The van der Waals surface area contributed by atoms with E-state index in [1.54, 1.807) is 47.4 Å². The number of carbonyl (C=O) groups excluding carboxylic acids is 3. The van der Waals surface area contributed by atoms with Gasteiger partial charge in [0.2, 0.25) is 0 Å². The number of benzene rings is 1. The number of amides is 1. The highest BCUT2D eigenvalue weighted by Gasteiger charge is 2.17. The number of methoxy groups -OCH3 is 1.